The van der Waals surface area contributed by atoms with Gasteiger partial charge in [-0.1, -0.05) is 0 Å². The van der Waals surface area contributed by atoms with Crippen LogP contribution in [0.5, 0.6) is 0 Å². The largest absolute Gasteiger partial charge is 0.374 e. The van der Waals surface area contributed by atoms with Crippen LogP contribution in [0.3, 0.4) is 0 Å². The summed E-state index contributed by atoms with van der Waals surface area (Å²) in [5, 5.41) is 12.6. The van der Waals surface area contributed by atoms with E-state index in [4.69, 9.17) is 10.00 Å². The zero-order valence-corrected chi connectivity index (χ0v) is 17.1. The topological polar surface area (TPSA) is 98.6 Å². The fraction of sp³-hybridized carbons (Fsp3) is 0.429. The number of morpholine rings is 1. The lowest BCUT2D eigenvalue weighted by Crippen LogP contribution is -2.42. The maximum atomic E-state index is 12.9. The van der Waals surface area contributed by atoms with Crippen molar-refractivity contribution in [3.05, 3.63) is 36.0 Å². The van der Waals surface area contributed by atoms with Crippen molar-refractivity contribution in [3.8, 4) is 6.07 Å². The first kappa shape index (κ1) is 19.2. The zero-order valence-electron chi connectivity index (χ0n) is 16.3. The zero-order chi connectivity index (χ0) is 20.7. The third-order valence-corrected chi connectivity index (χ3v) is 6.97. The van der Waals surface area contributed by atoms with Gasteiger partial charge in [0.2, 0.25) is 5.91 Å². The normalized spacial score (nSPS) is 25.0. The quantitative estimate of drug-likeness (QED) is 0.793. The molecule has 5 rings (SSSR count). The highest BCUT2D eigenvalue weighted by atomic mass is 32.2. The Kier molecular flexibility index (Phi) is 4.97. The first-order valence-corrected chi connectivity index (χ1v) is 11.1. The fourth-order valence-electron chi connectivity index (χ4n) is 4.37. The molecule has 30 heavy (non-hydrogen) atoms. The van der Waals surface area contributed by atoms with Crippen molar-refractivity contribution in [2.45, 2.75) is 24.6 Å². The minimum absolute atomic E-state index is 0.131. The van der Waals surface area contributed by atoms with E-state index in [0.717, 1.165) is 36.2 Å². The highest BCUT2D eigenvalue weighted by Gasteiger charge is 2.39. The fourth-order valence-corrected chi connectivity index (χ4v) is 5.48. The van der Waals surface area contributed by atoms with Crippen LogP contribution in [0.4, 0.5) is 5.69 Å². The van der Waals surface area contributed by atoms with Crippen molar-refractivity contribution in [3.63, 3.8) is 0 Å². The molecule has 0 saturated carbocycles. The van der Waals surface area contributed by atoms with Gasteiger partial charge in [-0.15, -0.1) is 11.8 Å². The van der Waals surface area contributed by atoms with Gasteiger partial charge in [-0.3, -0.25) is 14.6 Å². The summed E-state index contributed by atoms with van der Waals surface area (Å²) >= 11 is 1.54. The minimum Gasteiger partial charge on any atom is -0.374 e. The van der Waals surface area contributed by atoms with Gasteiger partial charge >= 0.3 is 0 Å². The summed E-state index contributed by atoms with van der Waals surface area (Å²) in [6, 6.07) is 9.73. The predicted molar refractivity (Wildman–Crippen MR) is 113 cm³/mol. The number of hydrogen-bond donors (Lipinski definition) is 1. The van der Waals surface area contributed by atoms with Gasteiger partial charge in [0.25, 0.3) is 5.91 Å². The molecule has 3 aliphatic rings. The Morgan fingerprint density at radius 3 is 3.03 bits per heavy atom. The average molecular weight is 423 g/mol. The molecule has 2 aromatic rings. The molecule has 3 atom stereocenters. The Morgan fingerprint density at radius 1 is 1.37 bits per heavy atom. The lowest BCUT2D eigenvalue weighted by molar-refractivity contribution is -0.129. The minimum atomic E-state index is -0.427. The summed E-state index contributed by atoms with van der Waals surface area (Å²) in [5.41, 5.74) is 2.28. The highest BCUT2D eigenvalue weighted by Crippen LogP contribution is 2.34. The number of carbonyl (C=O) groups excluding carboxylic acids is 2. The molecule has 8 nitrogen and oxygen atoms in total. The van der Waals surface area contributed by atoms with E-state index in [1.54, 1.807) is 24.0 Å². The molecule has 0 unspecified atom stereocenters. The van der Waals surface area contributed by atoms with Crippen LogP contribution in [0, 0.1) is 11.3 Å². The molecule has 2 amide bonds. The van der Waals surface area contributed by atoms with Crippen LogP contribution >= 0.6 is 11.8 Å². The smallest absolute Gasteiger partial charge is 0.252 e. The van der Waals surface area contributed by atoms with E-state index in [2.05, 4.69) is 21.3 Å². The van der Waals surface area contributed by atoms with E-state index >= 15 is 0 Å². The number of nitriles is 1. The molecule has 154 valence electrons. The maximum Gasteiger partial charge on any atom is 0.252 e. The average Bonchev–Trinajstić information content (AvgIpc) is 3.53. The highest BCUT2D eigenvalue weighted by molar-refractivity contribution is 7.99. The van der Waals surface area contributed by atoms with E-state index in [1.165, 1.54) is 4.90 Å². The van der Waals surface area contributed by atoms with Gasteiger partial charge in [0.15, 0.2) is 0 Å². The number of fused-ring (bicyclic) bond motifs is 3. The van der Waals surface area contributed by atoms with E-state index < -0.39 is 6.04 Å². The van der Waals surface area contributed by atoms with Crippen LogP contribution in [0.1, 0.15) is 16.8 Å². The predicted octanol–water partition coefficient (Wildman–Crippen LogP) is 1.37. The molecule has 3 aliphatic heterocycles. The monoisotopic (exact) mass is 423 g/mol. The van der Waals surface area contributed by atoms with Crippen LogP contribution in [-0.2, 0) is 9.53 Å². The van der Waals surface area contributed by atoms with Crippen LogP contribution in [0.2, 0.25) is 0 Å². The van der Waals surface area contributed by atoms with Gasteiger partial charge in [0.1, 0.15) is 6.04 Å². The number of pyridine rings is 1. The van der Waals surface area contributed by atoms with Crippen molar-refractivity contribution < 1.29 is 14.3 Å². The Balaban J connectivity index is 1.34. The number of thioether (sulfide) groups is 1. The Morgan fingerprint density at radius 2 is 2.27 bits per heavy atom. The second-order valence-electron chi connectivity index (χ2n) is 7.75. The van der Waals surface area contributed by atoms with E-state index in [9.17, 15) is 9.59 Å². The van der Waals surface area contributed by atoms with Crippen LogP contribution in [0.15, 0.2) is 30.5 Å². The van der Waals surface area contributed by atoms with Crippen molar-refractivity contribution in [1.29, 1.82) is 5.26 Å². The number of anilines is 1. The number of amides is 2. The number of rotatable bonds is 4. The van der Waals surface area contributed by atoms with Crippen LogP contribution in [0.25, 0.3) is 10.9 Å². The molecule has 1 aromatic carbocycles. The third kappa shape index (κ3) is 3.36. The van der Waals surface area contributed by atoms with Crippen LogP contribution < -0.4 is 10.2 Å². The second kappa shape index (κ2) is 7.78. The molecule has 0 spiro atoms. The van der Waals surface area contributed by atoms with Crippen molar-refractivity contribution in [2.75, 3.05) is 36.2 Å². The third-order valence-electron chi connectivity index (χ3n) is 5.95. The second-order valence-corrected chi connectivity index (χ2v) is 8.75. The molecule has 3 saturated heterocycles. The summed E-state index contributed by atoms with van der Waals surface area (Å²) in [6.07, 6.45) is 2.93. The summed E-state index contributed by atoms with van der Waals surface area (Å²) in [6.45, 7) is 1.47. The van der Waals surface area contributed by atoms with Crippen molar-refractivity contribution in [2.24, 2.45) is 0 Å². The van der Waals surface area contributed by atoms with E-state index in [1.807, 2.05) is 18.2 Å². The van der Waals surface area contributed by atoms with Gasteiger partial charge in [0, 0.05) is 29.6 Å². The molecule has 3 fully saturated rings. The standard InChI is InChI=1S/C21H21N5O3S/c22-7-15-11-30-12-26(15)20(27)8-24-21(28)17-3-4-23-19-2-1-13(6-18(17)19)25-9-16-5-14(25)10-29-16/h1-4,6,14-16H,5,8-12H2,(H,24,28)/t14-,15+,16-/m0/s1. The lowest BCUT2D eigenvalue weighted by Gasteiger charge is -2.29. The first-order chi connectivity index (χ1) is 14.6. The Hall–Kier alpha value is -2.83. The first-order valence-electron chi connectivity index (χ1n) is 9.96. The molecule has 0 aliphatic carbocycles. The Bertz CT molecular complexity index is 1050. The lowest BCUT2D eigenvalue weighted by atomic mass is 10.1. The van der Waals surface area contributed by atoms with Gasteiger partial charge in [0.05, 0.1) is 48.3 Å². The number of aromatic nitrogens is 1. The summed E-state index contributed by atoms with van der Waals surface area (Å²) in [7, 11) is 0. The molecule has 9 heteroatoms. The molecule has 1 N–H and O–H groups in total. The summed E-state index contributed by atoms with van der Waals surface area (Å²) in [5.74, 6) is 0.527. The molecule has 0 radical (unpaired) electrons. The van der Waals surface area contributed by atoms with E-state index in [-0.39, 0.29) is 24.5 Å². The van der Waals surface area contributed by atoms with Gasteiger partial charge in [-0.25, -0.2) is 0 Å². The summed E-state index contributed by atoms with van der Waals surface area (Å²) in [4.78, 5) is 33.5. The van der Waals surface area contributed by atoms with Gasteiger partial charge < -0.3 is 19.9 Å². The van der Waals surface area contributed by atoms with Crippen molar-refractivity contribution >= 4 is 40.2 Å². The number of benzene rings is 1. The van der Waals surface area contributed by atoms with Crippen molar-refractivity contribution in [1.82, 2.24) is 15.2 Å². The molecule has 2 bridgehead atoms. The van der Waals surface area contributed by atoms with Gasteiger partial charge in [-0.2, -0.15) is 5.26 Å². The van der Waals surface area contributed by atoms with E-state index in [0.29, 0.717) is 23.2 Å². The molecular formula is C21H21N5O3S. The number of nitrogens with zero attached hydrogens (tertiary/aromatic N) is 4. The number of carbonyl (C=O) groups is 2. The molecular weight excluding hydrogens is 402 g/mol. The number of ether oxygens (including phenoxy) is 1. The Labute approximate surface area is 178 Å². The number of nitrogens with one attached hydrogen (secondary N) is 1. The number of hydrogen-bond acceptors (Lipinski definition) is 7. The molecule has 4 heterocycles. The maximum absolute atomic E-state index is 12.9. The summed E-state index contributed by atoms with van der Waals surface area (Å²) < 4.78 is 5.69. The SMILES string of the molecule is N#C[C@@H]1CSCN1C(=O)CNC(=O)c1ccnc2ccc(N3C[C@@H]4C[C@H]3CO4)cc12. The molecule has 1 aromatic heterocycles. The van der Waals surface area contributed by atoms with Gasteiger partial charge in [-0.05, 0) is 30.7 Å². The van der Waals surface area contributed by atoms with Crippen LogP contribution in [-0.4, -0.2) is 71.2 Å².